The Hall–Kier alpha value is -6.64. The lowest BCUT2D eigenvalue weighted by Crippen LogP contribution is -2.10. The van der Waals surface area contributed by atoms with Crippen LogP contribution in [0.25, 0.3) is 92.3 Å². The van der Waals surface area contributed by atoms with Crippen molar-refractivity contribution in [2.45, 2.75) is 6.17 Å². The van der Waals surface area contributed by atoms with Gasteiger partial charge in [-0.05, 0) is 84.2 Å². The van der Waals surface area contributed by atoms with Gasteiger partial charge in [-0.3, -0.25) is 0 Å². The molecule has 51 heavy (non-hydrogen) atoms. The van der Waals surface area contributed by atoms with E-state index in [1.54, 1.807) is 0 Å². The van der Waals surface area contributed by atoms with Crippen LogP contribution in [-0.2, 0) is 0 Å². The van der Waals surface area contributed by atoms with Crippen LogP contribution < -0.4 is 0 Å². The minimum Gasteiger partial charge on any atom is -0.661 e. The Morgan fingerprint density at radius 1 is 0.412 bits per heavy atom. The van der Waals surface area contributed by atoms with E-state index in [0.29, 0.717) is 0 Å². The van der Waals surface area contributed by atoms with Gasteiger partial charge in [0.1, 0.15) is 0 Å². The molecular formula is C49H31N2-. The van der Waals surface area contributed by atoms with E-state index in [2.05, 4.69) is 187 Å². The second kappa shape index (κ2) is 10.9. The van der Waals surface area contributed by atoms with Crippen molar-refractivity contribution in [2.75, 3.05) is 0 Å². The fraction of sp³-hybridized carbons (Fsp3) is 0.0204. The van der Waals surface area contributed by atoms with Gasteiger partial charge in [0.05, 0.1) is 5.52 Å². The molecule has 11 rings (SSSR count). The van der Waals surface area contributed by atoms with Crippen LogP contribution in [0.1, 0.15) is 17.3 Å². The molecule has 1 aromatic heterocycles. The molecule has 2 heteroatoms. The van der Waals surface area contributed by atoms with Gasteiger partial charge in [0, 0.05) is 27.1 Å². The fourth-order valence-electron chi connectivity index (χ4n) is 8.51. The van der Waals surface area contributed by atoms with Gasteiger partial charge in [-0.2, -0.15) is 0 Å². The van der Waals surface area contributed by atoms with Crippen LogP contribution in [0.3, 0.4) is 0 Å². The average molecular weight is 648 g/mol. The second-order valence-corrected chi connectivity index (χ2v) is 13.7. The monoisotopic (exact) mass is 647 g/mol. The van der Waals surface area contributed by atoms with Crippen LogP contribution in [0.4, 0.5) is 0 Å². The van der Waals surface area contributed by atoms with E-state index in [-0.39, 0.29) is 6.17 Å². The van der Waals surface area contributed by atoms with Gasteiger partial charge in [0.15, 0.2) is 0 Å². The van der Waals surface area contributed by atoms with E-state index in [1.165, 1.54) is 86.8 Å². The minimum absolute atomic E-state index is 0.281. The summed E-state index contributed by atoms with van der Waals surface area (Å²) in [6.07, 6.45) is 4.36. The summed E-state index contributed by atoms with van der Waals surface area (Å²) in [5.41, 5.74) is 6.86. The van der Waals surface area contributed by atoms with Gasteiger partial charge in [-0.25, -0.2) is 0 Å². The van der Waals surface area contributed by atoms with Crippen molar-refractivity contribution in [1.82, 2.24) is 4.57 Å². The summed E-state index contributed by atoms with van der Waals surface area (Å²) in [6.45, 7) is 0. The first kappa shape index (κ1) is 28.2. The van der Waals surface area contributed by atoms with Gasteiger partial charge in [-0.1, -0.05) is 164 Å². The van der Waals surface area contributed by atoms with Gasteiger partial charge >= 0.3 is 0 Å². The lowest BCUT2D eigenvalue weighted by atomic mass is 9.92. The molecule has 10 aromatic rings. The Balaban J connectivity index is 1.24. The van der Waals surface area contributed by atoms with Crippen LogP contribution in [-0.4, -0.2) is 4.57 Å². The maximum absolute atomic E-state index is 5.64. The van der Waals surface area contributed by atoms with E-state index in [0.717, 1.165) is 11.3 Å². The number of hydrogen-bond acceptors (Lipinski definition) is 0. The Labute approximate surface area is 295 Å². The topological polar surface area (TPSA) is 19.0 Å². The second-order valence-electron chi connectivity index (χ2n) is 13.7. The normalized spacial score (nSPS) is 14.9. The first-order chi connectivity index (χ1) is 25.3. The molecule has 2 nitrogen and oxygen atoms in total. The number of rotatable bonds is 3. The molecule has 2 heterocycles. The molecule has 238 valence electrons. The molecule has 0 saturated heterocycles. The van der Waals surface area contributed by atoms with E-state index >= 15 is 0 Å². The lowest BCUT2D eigenvalue weighted by molar-refractivity contribution is 0.762. The molecule has 1 aliphatic rings. The summed E-state index contributed by atoms with van der Waals surface area (Å²) in [5, 5.41) is 20.7. The standard InChI is InChI=1S/C49H31N2/c1-3-14-34-27-36(23-21-31(34)11-1)38-29-44(37-24-22-32-12-2-4-15-35(32)28-37)50-46(30-38)51-45-20-10-9-19-43(45)48-47-39-16-6-5-13-33(39)25-26-41(47)40-17-7-8-18-42(40)49(48)51/h1-30,46H/q-1. The maximum atomic E-state index is 5.64. The number of benzene rings is 9. The molecule has 0 amide bonds. The van der Waals surface area contributed by atoms with Crippen molar-refractivity contribution in [2.24, 2.45) is 0 Å². The molecule has 0 N–H and O–H groups in total. The lowest BCUT2D eigenvalue weighted by Gasteiger charge is -2.40. The van der Waals surface area contributed by atoms with Gasteiger partial charge in [0.25, 0.3) is 0 Å². The molecular weight excluding hydrogens is 617 g/mol. The molecule has 0 spiro atoms. The van der Waals surface area contributed by atoms with Crippen LogP contribution >= 0.6 is 0 Å². The zero-order chi connectivity index (χ0) is 33.5. The predicted molar refractivity (Wildman–Crippen MR) is 218 cm³/mol. The molecule has 0 saturated carbocycles. The molecule has 1 atom stereocenters. The fourth-order valence-corrected chi connectivity index (χ4v) is 8.51. The highest BCUT2D eigenvalue weighted by atomic mass is 15.2. The van der Waals surface area contributed by atoms with Gasteiger partial charge in [-0.15, -0.1) is 5.70 Å². The Morgan fingerprint density at radius 2 is 0.980 bits per heavy atom. The summed E-state index contributed by atoms with van der Waals surface area (Å²) in [5.74, 6) is 0. The van der Waals surface area contributed by atoms with Crippen LogP contribution in [0.2, 0.25) is 0 Å². The molecule has 0 aliphatic carbocycles. The molecule has 9 aromatic carbocycles. The van der Waals surface area contributed by atoms with Crippen LogP contribution in [0, 0.1) is 0 Å². The Bertz CT molecular complexity index is 3120. The highest BCUT2D eigenvalue weighted by Crippen LogP contribution is 2.48. The highest BCUT2D eigenvalue weighted by Gasteiger charge is 2.22. The van der Waals surface area contributed by atoms with Crippen molar-refractivity contribution < 1.29 is 0 Å². The van der Waals surface area contributed by atoms with E-state index in [9.17, 15) is 0 Å². The van der Waals surface area contributed by atoms with Crippen molar-refractivity contribution >= 4 is 86.9 Å². The van der Waals surface area contributed by atoms with Gasteiger partial charge < -0.3 is 9.88 Å². The highest BCUT2D eigenvalue weighted by molar-refractivity contribution is 6.36. The number of para-hydroxylation sites is 1. The summed E-state index contributed by atoms with van der Waals surface area (Å²) >= 11 is 0. The van der Waals surface area contributed by atoms with Crippen molar-refractivity contribution in [3.8, 4) is 0 Å². The zero-order valence-corrected chi connectivity index (χ0v) is 27.8. The summed E-state index contributed by atoms with van der Waals surface area (Å²) in [7, 11) is 0. The smallest absolute Gasteiger partial charge is 0.0568 e. The zero-order valence-electron chi connectivity index (χ0n) is 27.8. The van der Waals surface area contributed by atoms with Crippen LogP contribution in [0.15, 0.2) is 182 Å². The molecule has 0 radical (unpaired) electrons. The van der Waals surface area contributed by atoms with Gasteiger partial charge in [0.2, 0.25) is 0 Å². The maximum Gasteiger partial charge on any atom is 0.0568 e. The van der Waals surface area contributed by atoms with Crippen molar-refractivity contribution in [3.05, 3.63) is 198 Å². The molecule has 0 fully saturated rings. The third kappa shape index (κ3) is 4.30. The number of hydrogen-bond donors (Lipinski definition) is 0. The number of allylic oxidation sites excluding steroid dienone is 2. The number of aromatic nitrogens is 1. The summed E-state index contributed by atoms with van der Waals surface area (Å²) < 4.78 is 2.50. The predicted octanol–water partition coefficient (Wildman–Crippen LogP) is 13.6. The first-order valence-corrected chi connectivity index (χ1v) is 17.7. The molecule has 1 aliphatic heterocycles. The number of nitrogens with zero attached hydrogens (tertiary/aromatic N) is 2. The third-order valence-electron chi connectivity index (χ3n) is 10.8. The van der Waals surface area contributed by atoms with E-state index in [1.807, 2.05) is 0 Å². The van der Waals surface area contributed by atoms with Crippen molar-refractivity contribution in [1.29, 1.82) is 0 Å². The average Bonchev–Trinajstić information content (AvgIpc) is 3.55. The SMILES string of the molecule is C1=C(c2ccc3ccccc3c2)C=C(c2ccc3ccccc3c2)[N-]C1n1c2ccccc2c2c3c4ccccc4ccc3c3ccccc3c21. The van der Waals surface area contributed by atoms with E-state index < -0.39 is 0 Å². The summed E-state index contributed by atoms with van der Waals surface area (Å²) in [4.78, 5) is 0. The third-order valence-corrected chi connectivity index (χ3v) is 10.8. The molecule has 1 unspecified atom stereocenters. The Kier molecular flexibility index (Phi) is 6.05. The quantitative estimate of drug-likeness (QED) is 0.170. The summed E-state index contributed by atoms with van der Waals surface area (Å²) in [6, 6.07) is 61.9. The largest absolute Gasteiger partial charge is 0.661 e. The molecule has 0 bridgehead atoms. The minimum atomic E-state index is -0.281. The van der Waals surface area contributed by atoms with Crippen LogP contribution in [0.5, 0.6) is 0 Å². The number of fused-ring (bicyclic) bond motifs is 12. The van der Waals surface area contributed by atoms with Crippen molar-refractivity contribution in [3.63, 3.8) is 0 Å². The van der Waals surface area contributed by atoms with E-state index in [4.69, 9.17) is 5.32 Å². The first-order valence-electron chi connectivity index (χ1n) is 17.7. The Morgan fingerprint density at radius 3 is 1.75 bits per heavy atom.